The van der Waals surface area contributed by atoms with Gasteiger partial charge in [0.2, 0.25) is 0 Å². The van der Waals surface area contributed by atoms with Gasteiger partial charge in [0.05, 0.1) is 17.4 Å². The molecule has 0 fully saturated rings. The summed E-state index contributed by atoms with van der Waals surface area (Å²) in [7, 11) is 0. The van der Waals surface area contributed by atoms with Crippen LogP contribution in [0.4, 0.5) is 0 Å². The van der Waals surface area contributed by atoms with E-state index >= 15 is 0 Å². The predicted octanol–water partition coefficient (Wildman–Crippen LogP) is 3.44. The first-order valence-electron chi connectivity index (χ1n) is 6.96. The Bertz CT molecular complexity index is 595. The molecule has 0 saturated heterocycles. The van der Waals surface area contributed by atoms with E-state index in [4.69, 9.17) is 5.73 Å². The molecule has 2 rings (SSSR count). The highest BCUT2D eigenvalue weighted by atomic mass is 15.1. The van der Waals surface area contributed by atoms with Gasteiger partial charge in [0, 0.05) is 0 Å². The van der Waals surface area contributed by atoms with Crippen LogP contribution in [0.25, 0.3) is 0 Å². The van der Waals surface area contributed by atoms with E-state index in [1.165, 1.54) is 5.56 Å². The van der Waals surface area contributed by atoms with Gasteiger partial charge in [-0.3, -0.25) is 0 Å². The summed E-state index contributed by atoms with van der Waals surface area (Å²) in [5.74, 6) is 0. The lowest BCUT2D eigenvalue weighted by molar-refractivity contribution is 0.589. The van der Waals surface area contributed by atoms with Crippen molar-refractivity contribution in [3.8, 4) is 0 Å². The van der Waals surface area contributed by atoms with Gasteiger partial charge in [-0.2, -0.15) is 10.2 Å². The van der Waals surface area contributed by atoms with Gasteiger partial charge in [-0.1, -0.05) is 45.0 Å². The average molecular weight is 269 g/mol. The van der Waals surface area contributed by atoms with E-state index in [1.54, 1.807) is 0 Å². The van der Waals surface area contributed by atoms with Crippen molar-refractivity contribution >= 4 is 0 Å². The number of aromatic nitrogens is 2. The molecule has 0 aliphatic rings. The molecule has 3 nitrogen and oxygen atoms in total. The minimum atomic E-state index is -0.154. The van der Waals surface area contributed by atoms with Gasteiger partial charge in [-0.15, -0.1) is 0 Å². The monoisotopic (exact) mass is 269 g/mol. The molecule has 0 spiro atoms. The van der Waals surface area contributed by atoms with Gasteiger partial charge >= 0.3 is 0 Å². The highest BCUT2D eigenvalue weighted by molar-refractivity contribution is 5.36. The van der Waals surface area contributed by atoms with E-state index in [0.717, 1.165) is 22.5 Å². The first kappa shape index (κ1) is 14.7. The third-order valence-electron chi connectivity index (χ3n) is 3.61. The van der Waals surface area contributed by atoms with Crippen molar-refractivity contribution in [2.24, 2.45) is 5.73 Å². The summed E-state index contributed by atoms with van der Waals surface area (Å²) in [6, 6.07) is 10.4. The summed E-state index contributed by atoms with van der Waals surface area (Å²) >= 11 is 0. The molecule has 0 bridgehead atoms. The molecule has 0 aliphatic carbocycles. The Labute approximate surface area is 121 Å². The summed E-state index contributed by atoms with van der Waals surface area (Å²) in [6.45, 7) is 10.5. The van der Waals surface area contributed by atoms with Crippen molar-refractivity contribution in [1.29, 1.82) is 0 Å². The summed E-state index contributed by atoms with van der Waals surface area (Å²) < 4.78 is 0. The lowest BCUT2D eigenvalue weighted by atomic mass is 9.86. The zero-order valence-electron chi connectivity index (χ0n) is 12.9. The van der Waals surface area contributed by atoms with Crippen molar-refractivity contribution in [2.45, 2.75) is 46.1 Å². The Hall–Kier alpha value is -1.74. The SMILES string of the molecule is Cc1cc(C(N)c2ccc(C(C)(C)C)cc2)c(C)nn1. The number of rotatable bonds is 2. The molecule has 0 saturated carbocycles. The molecule has 0 amide bonds. The predicted molar refractivity (Wildman–Crippen MR) is 82.7 cm³/mol. The summed E-state index contributed by atoms with van der Waals surface area (Å²) in [5.41, 5.74) is 11.8. The van der Waals surface area contributed by atoms with Gasteiger partial charge in [0.15, 0.2) is 0 Å². The molecule has 1 atom stereocenters. The van der Waals surface area contributed by atoms with Gasteiger partial charge < -0.3 is 5.73 Å². The lowest BCUT2D eigenvalue weighted by Gasteiger charge is -2.20. The average Bonchev–Trinajstić information content (AvgIpc) is 2.40. The van der Waals surface area contributed by atoms with Crippen molar-refractivity contribution in [3.63, 3.8) is 0 Å². The number of nitrogens with two attached hydrogens (primary N) is 1. The van der Waals surface area contributed by atoms with Gasteiger partial charge in [0.1, 0.15) is 0 Å². The highest BCUT2D eigenvalue weighted by Crippen LogP contribution is 2.26. The fourth-order valence-corrected chi connectivity index (χ4v) is 2.25. The quantitative estimate of drug-likeness (QED) is 0.908. The van der Waals surface area contributed by atoms with Crippen molar-refractivity contribution < 1.29 is 0 Å². The molecule has 1 aromatic carbocycles. The molecular weight excluding hydrogens is 246 g/mol. The van der Waals surface area contributed by atoms with E-state index < -0.39 is 0 Å². The van der Waals surface area contributed by atoms with Crippen molar-refractivity contribution in [1.82, 2.24) is 10.2 Å². The van der Waals surface area contributed by atoms with Crippen LogP contribution in [0.2, 0.25) is 0 Å². The highest BCUT2D eigenvalue weighted by Gasteiger charge is 2.16. The van der Waals surface area contributed by atoms with E-state index in [2.05, 4.69) is 55.2 Å². The van der Waals surface area contributed by atoms with Crippen LogP contribution in [-0.4, -0.2) is 10.2 Å². The van der Waals surface area contributed by atoms with Crippen molar-refractivity contribution in [2.75, 3.05) is 0 Å². The van der Waals surface area contributed by atoms with E-state index in [-0.39, 0.29) is 11.5 Å². The molecule has 1 unspecified atom stereocenters. The van der Waals surface area contributed by atoms with Crippen LogP contribution in [-0.2, 0) is 5.41 Å². The van der Waals surface area contributed by atoms with Crippen LogP contribution in [0.3, 0.4) is 0 Å². The van der Waals surface area contributed by atoms with E-state index in [0.29, 0.717) is 0 Å². The second-order valence-corrected chi connectivity index (χ2v) is 6.38. The zero-order chi connectivity index (χ0) is 14.9. The Morgan fingerprint density at radius 3 is 2.15 bits per heavy atom. The Kier molecular flexibility index (Phi) is 3.91. The summed E-state index contributed by atoms with van der Waals surface area (Å²) in [6.07, 6.45) is 0. The zero-order valence-corrected chi connectivity index (χ0v) is 12.9. The second-order valence-electron chi connectivity index (χ2n) is 6.38. The molecule has 1 heterocycles. The van der Waals surface area contributed by atoms with Crippen LogP contribution in [0.1, 0.15) is 54.9 Å². The maximum Gasteiger partial charge on any atom is 0.0651 e. The third kappa shape index (κ3) is 3.05. The van der Waals surface area contributed by atoms with Crippen LogP contribution >= 0.6 is 0 Å². The van der Waals surface area contributed by atoms with Crippen LogP contribution in [0.5, 0.6) is 0 Å². The minimum absolute atomic E-state index is 0.154. The largest absolute Gasteiger partial charge is 0.320 e. The molecule has 3 heteroatoms. The Morgan fingerprint density at radius 2 is 1.60 bits per heavy atom. The lowest BCUT2D eigenvalue weighted by Crippen LogP contribution is -2.16. The molecular formula is C17H23N3. The Morgan fingerprint density at radius 1 is 1.00 bits per heavy atom. The summed E-state index contributed by atoms with van der Waals surface area (Å²) in [5, 5.41) is 8.21. The van der Waals surface area contributed by atoms with Crippen LogP contribution in [0, 0.1) is 13.8 Å². The standard InChI is InChI=1S/C17H23N3/c1-11-10-15(12(2)20-19-11)16(18)13-6-8-14(9-7-13)17(3,4)5/h6-10,16H,18H2,1-5H3. The maximum atomic E-state index is 6.38. The fourth-order valence-electron chi connectivity index (χ4n) is 2.25. The maximum absolute atomic E-state index is 6.38. The van der Waals surface area contributed by atoms with Crippen LogP contribution < -0.4 is 5.73 Å². The molecule has 1 aromatic heterocycles. The third-order valence-corrected chi connectivity index (χ3v) is 3.61. The van der Waals surface area contributed by atoms with Gasteiger partial charge in [0.25, 0.3) is 0 Å². The van der Waals surface area contributed by atoms with E-state index in [1.807, 2.05) is 19.9 Å². The van der Waals surface area contributed by atoms with Crippen molar-refractivity contribution in [3.05, 3.63) is 58.4 Å². The molecule has 2 N–H and O–H groups in total. The number of nitrogens with zero attached hydrogens (tertiary/aromatic N) is 2. The molecule has 0 aliphatic heterocycles. The number of hydrogen-bond donors (Lipinski definition) is 1. The summed E-state index contributed by atoms with van der Waals surface area (Å²) in [4.78, 5) is 0. The molecule has 106 valence electrons. The molecule has 20 heavy (non-hydrogen) atoms. The Balaban J connectivity index is 2.34. The van der Waals surface area contributed by atoms with Gasteiger partial charge in [-0.05, 0) is 42.0 Å². The molecule has 0 radical (unpaired) electrons. The first-order chi connectivity index (χ1) is 9.29. The first-order valence-corrected chi connectivity index (χ1v) is 6.96. The van der Waals surface area contributed by atoms with Crippen LogP contribution in [0.15, 0.2) is 30.3 Å². The second kappa shape index (κ2) is 5.33. The number of aryl methyl sites for hydroxylation is 2. The normalized spacial score (nSPS) is 13.3. The fraction of sp³-hybridized carbons (Fsp3) is 0.412. The smallest absolute Gasteiger partial charge is 0.0651 e. The minimum Gasteiger partial charge on any atom is -0.320 e. The number of benzene rings is 1. The molecule has 2 aromatic rings. The number of hydrogen-bond acceptors (Lipinski definition) is 3. The van der Waals surface area contributed by atoms with E-state index in [9.17, 15) is 0 Å². The topological polar surface area (TPSA) is 51.8 Å². The van der Waals surface area contributed by atoms with Gasteiger partial charge in [-0.25, -0.2) is 0 Å².